The minimum Gasteiger partial charge on any atom is -0.481 e. The molecule has 0 aromatic rings. The lowest BCUT2D eigenvalue weighted by atomic mass is 9.75. The molecule has 0 saturated carbocycles. The molecule has 3 heteroatoms. The summed E-state index contributed by atoms with van der Waals surface area (Å²) < 4.78 is 0. The van der Waals surface area contributed by atoms with Gasteiger partial charge in [0.05, 0.1) is 5.92 Å². The van der Waals surface area contributed by atoms with Crippen LogP contribution in [0.15, 0.2) is 0 Å². The Morgan fingerprint density at radius 2 is 2.00 bits per heavy atom. The molecule has 1 atom stereocenters. The summed E-state index contributed by atoms with van der Waals surface area (Å²) >= 11 is 0. The van der Waals surface area contributed by atoms with Gasteiger partial charge in [0.25, 0.3) is 0 Å². The standard InChI is InChI=1S/C13H25NO2/c1-5-6-10(12(15)16)7-14-8-11(9-14)13(2,3)4/h10-11H,5-9H2,1-4H3,(H,15,16). The highest BCUT2D eigenvalue weighted by atomic mass is 16.4. The van der Waals surface area contributed by atoms with E-state index in [1.165, 1.54) is 0 Å². The lowest BCUT2D eigenvalue weighted by Crippen LogP contribution is -2.54. The Kier molecular flexibility index (Phi) is 4.36. The van der Waals surface area contributed by atoms with Crippen molar-refractivity contribution < 1.29 is 9.90 Å². The van der Waals surface area contributed by atoms with Gasteiger partial charge in [-0.1, -0.05) is 34.1 Å². The number of carboxylic acids is 1. The number of carbonyl (C=O) groups is 1. The van der Waals surface area contributed by atoms with Crippen LogP contribution in [-0.4, -0.2) is 35.6 Å². The molecule has 1 unspecified atom stereocenters. The number of hydrogen-bond acceptors (Lipinski definition) is 2. The molecule has 1 aliphatic rings. The summed E-state index contributed by atoms with van der Waals surface area (Å²) in [5, 5.41) is 9.07. The molecule has 1 aliphatic heterocycles. The Bertz CT molecular complexity index is 239. The molecule has 1 heterocycles. The van der Waals surface area contributed by atoms with Gasteiger partial charge in [0.2, 0.25) is 0 Å². The molecule has 1 N–H and O–H groups in total. The monoisotopic (exact) mass is 227 g/mol. The summed E-state index contributed by atoms with van der Waals surface area (Å²) in [4.78, 5) is 13.3. The van der Waals surface area contributed by atoms with E-state index < -0.39 is 5.97 Å². The highest BCUT2D eigenvalue weighted by molar-refractivity contribution is 5.70. The van der Waals surface area contributed by atoms with Crippen molar-refractivity contribution in [2.45, 2.75) is 40.5 Å². The van der Waals surface area contributed by atoms with Gasteiger partial charge in [0.15, 0.2) is 0 Å². The highest BCUT2D eigenvalue weighted by Crippen LogP contribution is 2.34. The molecule has 0 amide bonds. The minimum absolute atomic E-state index is 0.175. The summed E-state index contributed by atoms with van der Waals surface area (Å²) in [5.41, 5.74) is 0.361. The van der Waals surface area contributed by atoms with Crippen molar-refractivity contribution in [3.63, 3.8) is 0 Å². The first-order valence-electron chi connectivity index (χ1n) is 6.29. The van der Waals surface area contributed by atoms with Gasteiger partial charge in [-0.2, -0.15) is 0 Å². The van der Waals surface area contributed by atoms with Crippen molar-refractivity contribution in [2.24, 2.45) is 17.3 Å². The van der Waals surface area contributed by atoms with Crippen molar-refractivity contribution in [2.75, 3.05) is 19.6 Å². The molecule has 94 valence electrons. The smallest absolute Gasteiger partial charge is 0.307 e. The van der Waals surface area contributed by atoms with E-state index in [0.29, 0.717) is 5.41 Å². The SMILES string of the molecule is CCCC(CN1CC(C(C)(C)C)C1)C(=O)O. The lowest BCUT2D eigenvalue weighted by Gasteiger charge is -2.47. The fourth-order valence-corrected chi connectivity index (χ4v) is 2.22. The van der Waals surface area contributed by atoms with Crippen LogP contribution in [-0.2, 0) is 4.79 Å². The Hall–Kier alpha value is -0.570. The van der Waals surface area contributed by atoms with E-state index in [0.717, 1.165) is 38.4 Å². The van der Waals surface area contributed by atoms with Crippen LogP contribution in [0.5, 0.6) is 0 Å². The van der Waals surface area contributed by atoms with Gasteiger partial charge in [0, 0.05) is 19.6 Å². The Morgan fingerprint density at radius 3 is 2.38 bits per heavy atom. The molecule has 3 nitrogen and oxygen atoms in total. The predicted molar refractivity (Wildman–Crippen MR) is 65.4 cm³/mol. The van der Waals surface area contributed by atoms with Crippen LogP contribution in [0.4, 0.5) is 0 Å². The first-order chi connectivity index (χ1) is 7.34. The summed E-state index contributed by atoms with van der Waals surface area (Å²) in [6.45, 7) is 11.7. The number of nitrogens with zero attached hydrogens (tertiary/aromatic N) is 1. The molecule has 1 saturated heterocycles. The Balaban J connectivity index is 2.32. The lowest BCUT2D eigenvalue weighted by molar-refractivity contribution is -0.143. The van der Waals surface area contributed by atoms with Crippen molar-refractivity contribution in [1.29, 1.82) is 0 Å². The second kappa shape index (κ2) is 5.17. The summed E-state index contributed by atoms with van der Waals surface area (Å²) in [6.07, 6.45) is 1.75. The quantitative estimate of drug-likeness (QED) is 0.784. The third kappa shape index (κ3) is 3.48. The maximum atomic E-state index is 11.0. The van der Waals surface area contributed by atoms with Gasteiger partial charge < -0.3 is 10.0 Å². The number of hydrogen-bond donors (Lipinski definition) is 1. The molecular weight excluding hydrogens is 202 g/mol. The van der Waals surface area contributed by atoms with Gasteiger partial charge in [-0.3, -0.25) is 4.79 Å². The van der Waals surface area contributed by atoms with Gasteiger partial charge in [-0.05, 0) is 17.8 Å². The number of likely N-dealkylation sites (tertiary alicyclic amines) is 1. The Labute approximate surface area is 98.8 Å². The third-order valence-corrected chi connectivity index (χ3v) is 3.65. The van der Waals surface area contributed by atoms with E-state index in [1.807, 2.05) is 6.92 Å². The highest BCUT2D eigenvalue weighted by Gasteiger charge is 2.37. The molecule has 0 radical (unpaired) electrons. The topological polar surface area (TPSA) is 40.5 Å². The molecule has 0 aliphatic carbocycles. The van der Waals surface area contributed by atoms with Gasteiger partial charge in [-0.15, -0.1) is 0 Å². The fourth-order valence-electron chi connectivity index (χ4n) is 2.22. The minimum atomic E-state index is -0.638. The van der Waals surface area contributed by atoms with Crippen LogP contribution in [0.2, 0.25) is 0 Å². The van der Waals surface area contributed by atoms with Gasteiger partial charge in [-0.25, -0.2) is 0 Å². The predicted octanol–water partition coefficient (Wildman–Crippen LogP) is 2.47. The second-order valence-electron chi connectivity index (χ2n) is 6.11. The van der Waals surface area contributed by atoms with E-state index in [9.17, 15) is 4.79 Å². The van der Waals surface area contributed by atoms with Gasteiger partial charge >= 0.3 is 5.97 Å². The van der Waals surface area contributed by atoms with Crippen molar-refractivity contribution in [1.82, 2.24) is 4.90 Å². The maximum absolute atomic E-state index is 11.0. The number of rotatable bonds is 5. The molecule has 1 rings (SSSR count). The molecule has 1 fully saturated rings. The van der Waals surface area contributed by atoms with Crippen LogP contribution in [0.1, 0.15) is 40.5 Å². The molecule has 0 aromatic carbocycles. The first-order valence-corrected chi connectivity index (χ1v) is 6.29. The fraction of sp³-hybridized carbons (Fsp3) is 0.923. The van der Waals surface area contributed by atoms with E-state index in [-0.39, 0.29) is 5.92 Å². The molecule has 0 aromatic heterocycles. The zero-order valence-corrected chi connectivity index (χ0v) is 11.0. The van der Waals surface area contributed by atoms with Crippen molar-refractivity contribution in [3.8, 4) is 0 Å². The first kappa shape index (κ1) is 13.5. The Morgan fingerprint density at radius 1 is 1.44 bits per heavy atom. The summed E-state index contributed by atoms with van der Waals surface area (Å²) in [7, 11) is 0. The summed E-state index contributed by atoms with van der Waals surface area (Å²) in [6, 6.07) is 0. The van der Waals surface area contributed by atoms with Crippen molar-refractivity contribution >= 4 is 5.97 Å². The van der Waals surface area contributed by atoms with E-state index in [1.54, 1.807) is 0 Å². The molecule has 0 bridgehead atoms. The molecule has 0 spiro atoms. The zero-order chi connectivity index (χ0) is 12.3. The average molecular weight is 227 g/mol. The average Bonchev–Trinajstić information content (AvgIpc) is 2.05. The van der Waals surface area contributed by atoms with Crippen LogP contribution >= 0.6 is 0 Å². The van der Waals surface area contributed by atoms with Gasteiger partial charge in [0.1, 0.15) is 0 Å². The zero-order valence-electron chi connectivity index (χ0n) is 11.0. The van der Waals surface area contributed by atoms with Crippen LogP contribution in [0.3, 0.4) is 0 Å². The van der Waals surface area contributed by atoms with E-state index >= 15 is 0 Å². The van der Waals surface area contributed by atoms with Crippen LogP contribution < -0.4 is 0 Å². The van der Waals surface area contributed by atoms with E-state index in [2.05, 4.69) is 25.7 Å². The van der Waals surface area contributed by atoms with Crippen LogP contribution in [0.25, 0.3) is 0 Å². The maximum Gasteiger partial charge on any atom is 0.307 e. The summed E-state index contributed by atoms with van der Waals surface area (Å²) in [5.74, 6) is -0.0875. The molecular formula is C13H25NO2. The van der Waals surface area contributed by atoms with E-state index in [4.69, 9.17) is 5.11 Å². The van der Waals surface area contributed by atoms with Crippen LogP contribution in [0, 0.1) is 17.3 Å². The number of aliphatic carboxylic acids is 1. The largest absolute Gasteiger partial charge is 0.481 e. The normalized spacial score (nSPS) is 20.5. The number of carboxylic acid groups (broad SMARTS) is 1. The van der Waals surface area contributed by atoms with Crippen molar-refractivity contribution in [3.05, 3.63) is 0 Å². The second-order valence-corrected chi connectivity index (χ2v) is 6.11. The third-order valence-electron chi connectivity index (χ3n) is 3.65. The molecule has 16 heavy (non-hydrogen) atoms.